The van der Waals surface area contributed by atoms with Gasteiger partial charge in [0, 0.05) is 13.2 Å². The maximum atomic E-state index is 5.41. The van der Waals surface area contributed by atoms with Crippen molar-refractivity contribution in [2.75, 3.05) is 13.2 Å². The van der Waals surface area contributed by atoms with Crippen LogP contribution in [0.5, 0.6) is 0 Å². The molecule has 1 aliphatic rings. The molecule has 54 valence electrons. The normalized spacial score (nSPS) is 25.7. The molecule has 0 aromatic rings. The first-order valence-corrected chi connectivity index (χ1v) is 3.78. The number of rotatable bonds is 4. The van der Waals surface area contributed by atoms with E-state index in [9.17, 15) is 0 Å². The molecule has 1 heterocycles. The summed E-state index contributed by atoms with van der Waals surface area (Å²) in [5, 5.41) is 3.18. The Labute approximate surface area is 56.6 Å². The van der Waals surface area contributed by atoms with Crippen LogP contribution >= 0.6 is 0 Å². The SMILES string of the molecule is CCCCOC1CCN1. The molecule has 2 heteroatoms. The molecular formula is C7H15NO. The van der Waals surface area contributed by atoms with Gasteiger partial charge in [0.15, 0.2) is 0 Å². The minimum Gasteiger partial charge on any atom is -0.363 e. The van der Waals surface area contributed by atoms with Gasteiger partial charge in [0.1, 0.15) is 6.23 Å². The molecule has 0 amide bonds. The lowest BCUT2D eigenvalue weighted by Gasteiger charge is -2.27. The molecule has 9 heavy (non-hydrogen) atoms. The Bertz CT molecular complexity index is 71.3. The zero-order valence-electron chi connectivity index (χ0n) is 6.02. The topological polar surface area (TPSA) is 21.3 Å². The molecule has 2 nitrogen and oxygen atoms in total. The summed E-state index contributed by atoms with van der Waals surface area (Å²) in [6.45, 7) is 4.24. The molecule has 1 fully saturated rings. The lowest BCUT2D eigenvalue weighted by atomic mass is 10.2. The van der Waals surface area contributed by atoms with Crippen molar-refractivity contribution >= 4 is 0 Å². The molecule has 1 aliphatic heterocycles. The number of ether oxygens (including phenoxy) is 1. The molecule has 1 rings (SSSR count). The van der Waals surface area contributed by atoms with Gasteiger partial charge in [-0.1, -0.05) is 13.3 Å². The zero-order chi connectivity index (χ0) is 6.53. The van der Waals surface area contributed by atoms with Crippen molar-refractivity contribution in [2.24, 2.45) is 0 Å². The van der Waals surface area contributed by atoms with E-state index >= 15 is 0 Å². The molecule has 1 N–H and O–H groups in total. The second kappa shape index (κ2) is 3.85. The summed E-state index contributed by atoms with van der Waals surface area (Å²) in [7, 11) is 0. The Morgan fingerprint density at radius 1 is 1.67 bits per heavy atom. The Balaban J connectivity index is 1.80. The van der Waals surface area contributed by atoms with Crippen molar-refractivity contribution < 1.29 is 4.74 Å². The second-order valence-electron chi connectivity index (χ2n) is 2.46. The summed E-state index contributed by atoms with van der Waals surface area (Å²) in [5.41, 5.74) is 0. The maximum absolute atomic E-state index is 5.41. The van der Waals surface area contributed by atoms with Gasteiger partial charge in [-0.25, -0.2) is 0 Å². The summed E-state index contributed by atoms with van der Waals surface area (Å²) < 4.78 is 5.41. The Morgan fingerprint density at radius 2 is 2.44 bits per heavy atom. The van der Waals surface area contributed by atoms with Crippen LogP contribution in [0.1, 0.15) is 26.2 Å². The number of nitrogens with one attached hydrogen (secondary N) is 1. The standard InChI is InChI=1S/C7H15NO/c1-2-3-6-9-7-4-5-8-7/h7-8H,2-6H2,1H3. The van der Waals surface area contributed by atoms with E-state index in [0.29, 0.717) is 6.23 Å². The van der Waals surface area contributed by atoms with Gasteiger partial charge in [-0.2, -0.15) is 0 Å². The predicted molar refractivity (Wildman–Crippen MR) is 37.3 cm³/mol. The van der Waals surface area contributed by atoms with E-state index in [4.69, 9.17) is 4.74 Å². The summed E-state index contributed by atoms with van der Waals surface area (Å²) in [6, 6.07) is 0. The van der Waals surface area contributed by atoms with Gasteiger partial charge in [-0.15, -0.1) is 0 Å². The Morgan fingerprint density at radius 3 is 2.89 bits per heavy atom. The van der Waals surface area contributed by atoms with E-state index in [1.54, 1.807) is 0 Å². The van der Waals surface area contributed by atoms with Crippen LogP contribution in [0.15, 0.2) is 0 Å². The largest absolute Gasteiger partial charge is 0.363 e. The van der Waals surface area contributed by atoms with Crippen molar-refractivity contribution in [2.45, 2.75) is 32.4 Å². The Kier molecular flexibility index (Phi) is 3.01. The van der Waals surface area contributed by atoms with Crippen LogP contribution in [0.2, 0.25) is 0 Å². The fourth-order valence-electron chi connectivity index (χ4n) is 0.774. The van der Waals surface area contributed by atoms with Crippen LogP contribution in [0.25, 0.3) is 0 Å². The second-order valence-corrected chi connectivity index (χ2v) is 2.46. The highest BCUT2D eigenvalue weighted by molar-refractivity contribution is 4.67. The molecule has 0 saturated carbocycles. The van der Waals surface area contributed by atoms with Crippen LogP contribution in [-0.2, 0) is 4.74 Å². The minimum atomic E-state index is 0.386. The van der Waals surface area contributed by atoms with E-state index in [2.05, 4.69) is 12.2 Å². The molecule has 0 aliphatic carbocycles. The Hall–Kier alpha value is -0.0800. The monoisotopic (exact) mass is 129 g/mol. The average molecular weight is 129 g/mol. The van der Waals surface area contributed by atoms with Gasteiger partial charge < -0.3 is 4.74 Å². The van der Waals surface area contributed by atoms with E-state index < -0.39 is 0 Å². The smallest absolute Gasteiger partial charge is 0.109 e. The molecule has 0 bridgehead atoms. The van der Waals surface area contributed by atoms with Crippen LogP contribution in [0.4, 0.5) is 0 Å². The molecule has 0 aromatic heterocycles. The summed E-state index contributed by atoms with van der Waals surface area (Å²) in [4.78, 5) is 0. The zero-order valence-corrected chi connectivity index (χ0v) is 6.02. The molecule has 1 atom stereocenters. The summed E-state index contributed by atoms with van der Waals surface area (Å²) in [5.74, 6) is 0. The van der Waals surface area contributed by atoms with Gasteiger partial charge in [0.05, 0.1) is 0 Å². The number of unbranched alkanes of at least 4 members (excludes halogenated alkanes) is 1. The van der Waals surface area contributed by atoms with Crippen molar-refractivity contribution in [1.82, 2.24) is 5.32 Å². The van der Waals surface area contributed by atoms with Gasteiger partial charge >= 0.3 is 0 Å². The fourth-order valence-corrected chi connectivity index (χ4v) is 0.774. The minimum absolute atomic E-state index is 0.386. The number of hydrogen-bond acceptors (Lipinski definition) is 2. The van der Waals surface area contributed by atoms with Gasteiger partial charge in [0.25, 0.3) is 0 Å². The van der Waals surface area contributed by atoms with Crippen LogP contribution in [0, 0.1) is 0 Å². The quantitative estimate of drug-likeness (QED) is 0.574. The molecule has 0 aromatic carbocycles. The van der Waals surface area contributed by atoms with Crippen LogP contribution in [-0.4, -0.2) is 19.4 Å². The highest BCUT2D eigenvalue weighted by Crippen LogP contribution is 2.03. The third kappa shape index (κ3) is 2.33. The molecular weight excluding hydrogens is 114 g/mol. The third-order valence-corrected chi connectivity index (χ3v) is 1.60. The first-order valence-electron chi connectivity index (χ1n) is 3.78. The van der Waals surface area contributed by atoms with Crippen LogP contribution < -0.4 is 5.32 Å². The van der Waals surface area contributed by atoms with Crippen molar-refractivity contribution in [3.63, 3.8) is 0 Å². The first-order chi connectivity index (χ1) is 4.43. The molecule has 1 unspecified atom stereocenters. The average Bonchev–Trinajstić information content (AvgIpc) is 1.76. The first kappa shape index (κ1) is 7.03. The van der Waals surface area contributed by atoms with E-state index in [0.717, 1.165) is 13.2 Å². The van der Waals surface area contributed by atoms with E-state index in [1.165, 1.54) is 19.3 Å². The highest BCUT2D eigenvalue weighted by atomic mass is 16.5. The van der Waals surface area contributed by atoms with E-state index in [1.807, 2.05) is 0 Å². The van der Waals surface area contributed by atoms with Gasteiger partial charge in [0.2, 0.25) is 0 Å². The van der Waals surface area contributed by atoms with E-state index in [-0.39, 0.29) is 0 Å². The lowest BCUT2D eigenvalue weighted by Crippen LogP contribution is -2.44. The molecule has 0 radical (unpaired) electrons. The number of hydrogen-bond donors (Lipinski definition) is 1. The highest BCUT2D eigenvalue weighted by Gasteiger charge is 2.15. The van der Waals surface area contributed by atoms with Gasteiger partial charge in [-0.05, 0) is 12.8 Å². The predicted octanol–water partition coefficient (Wildman–Crippen LogP) is 1.12. The fraction of sp³-hybridized carbons (Fsp3) is 1.00. The molecule has 1 saturated heterocycles. The summed E-state index contributed by atoms with van der Waals surface area (Å²) in [6.07, 6.45) is 4.01. The molecule has 0 spiro atoms. The third-order valence-electron chi connectivity index (χ3n) is 1.60. The van der Waals surface area contributed by atoms with Crippen LogP contribution in [0.3, 0.4) is 0 Å². The lowest BCUT2D eigenvalue weighted by molar-refractivity contribution is -0.0143. The maximum Gasteiger partial charge on any atom is 0.109 e. The van der Waals surface area contributed by atoms with Gasteiger partial charge in [-0.3, -0.25) is 5.32 Å². The van der Waals surface area contributed by atoms with Crippen molar-refractivity contribution in [1.29, 1.82) is 0 Å². The van der Waals surface area contributed by atoms with Crippen molar-refractivity contribution in [3.05, 3.63) is 0 Å². The van der Waals surface area contributed by atoms with Crippen molar-refractivity contribution in [3.8, 4) is 0 Å². The summed E-state index contributed by atoms with van der Waals surface area (Å²) >= 11 is 0.